The predicted molar refractivity (Wildman–Crippen MR) is 108 cm³/mol. The number of rotatable bonds is 1. The molecule has 1 aliphatic heterocycles. The van der Waals surface area contributed by atoms with Gasteiger partial charge in [0.25, 0.3) is 0 Å². The maximum Gasteiger partial charge on any atom is 0.224 e. The fraction of sp³-hybridized carbons (Fsp3) is 0.913. The molecule has 5 nitrogen and oxygen atoms in total. The first-order chi connectivity index (χ1) is 13.0. The molecule has 0 radical (unpaired) electrons. The van der Waals surface area contributed by atoms with Gasteiger partial charge in [-0.2, -0.15) is 0 Å². The van der Waals surface area contributed by atoms with E-state index in [4.69, 9.17) is 0 Å². The lowest BCUT2D eigenvalue weighted by Gasteiger charge is -2.60. The van der Waals surface area contributed by atoms with Crippen LogP contribution in [0, 0.1) is 34.5 Å². The minimum Gasteiger partial charge on any atom is -0.393 e. The number of carbonyl (C=O) groups excluding carboxylic acids is 2. The Bertz CT molecular complexity index is 671. The van der Waals surface area contributed by atoms with Crippen LogP contribution in [-0.4, -0.2) is 34.6 Å². The van der Waals surface area contributed by atoms with Crippen LogP contribution >= 0.6 is 0 Å². The van der Waals surface area contributed by atoms with E-state index in [1.165, 1.54) is 0 Å². The Labute approximate surface area is 169 Å². The van der Waals surface area contributed by atoms with Crippen molar-refractivity contribution in [3.63, 3.8) is 0 Å². The first kappa shape index (κ1) is 20.2. The van der Waals surface area contributed by atoms with Crippen LogP contribution in [0.3, 0.4) is 0 Å². The van der Waals surface area contributed by atoms with Crippen molar-refractivity contribution in [3.8, 4) is 0 Å². The van der Waals surface area contributed by atoms with Gasteiger partial charge in [0.15, 0.2) is 0 Å². The van der Waals surface area contributed by atoms with E-state index in [1.807, 2.05) is 20.8 Å². The monoisotopic (exact) mass is 390 g/mol. The molecule has 4 aliphatic rings. The summed E-state index contributed by atoms with van der Waals surface area (Å²) in [6, 6.07) is 0.276. The van der Waals surface area contributed by atoms with Crippen LogP contribution < -0.4 is 10.6 Å². The zero-order chi connectivity index (χ0) is 20.5. The largest absolute Gasteiger partial charge is 0.393 e. The average molecular weight is 391 g/mol. The number of aliphatic hydroxyl groups excluding tert-OH is 1. The molecule has 4 rings (SSSR count). The molecule has 3 saturated carbocycles. The number of carbonyl (C=O) groups is 2. The van der Waals surface area contributed by atoms with Crippen LogP contribution in [0.2, 0.25) is 0 Å². The maximum atomic E-state index is 13.1. The summed E-state index contributed by atoms with van der Waals surface area (Å²) in [7, 11) is 0. The highest BCUT2D eigenvalue weighted by Gasteiger charge is 2.64. The van der Waals surface area contributed by atoms with Gasteiger partial charge in [-0.3, -0.25) is 9.59 Å². The van der Waals surface area contributed by atoms with E-state index in [9.17, 15) is 14.7 Å². The number of piperidine rings is 1. The van der Waals surface area contributed by atoms with Crippen LogP contribution in [0.5, 0.6) is 0 Å². The molecule has 1 heterocycles. The molecule has 0 bridgehead atoms. The van der Waals surface area contributed by atoms with E-state index in [1.54, 1.807) is 0 Å². The fourth-order valence-electron chi connectivity index (χ4n) is 7.63. The van der Waals surface area contributed by atoms with E-state index in [0.717, 1.165) is 32.1 Å². The number of aliphatic hydroxyl groups is 1. The molecule has 5 heteroatoms. The Morgan fingerprint density at radius 1 is 1.14 bits per heavy atom. The molecule has 4 fully saturated rings. The first-order valence-corrected chi connectivity index (χ1v) is 11.3. The second kappa shape index (κ2) is 6.45. The van der Waals surface area contributed by atoms with Crippen molar-refractivity contribution in [2.75, 3.05) is 0 Å². The summed E-state index contributed by atoms with van der Waals surface area (Å²) in [4.78, 5) is 25.0. The van der Waals surface area contributed by atoms with Crippen LogP contribution in [0.15, 0.2) is 0 Å². The Morgan fingerprint density at radius 3 is 2.54 bits per heavy atom. The molecule has 1 unspecified atom stereocenters. The summed E-state index contributed by atoms with van der Waals surface area (Å²) in [6.45, 7) is 10.7. The molecule has 3 N–H and O–H groups in total. The second-order valence-electron chi connectivity index (χ2n) is 11.6. The van der Waals surface area contributed by atoms with Gasteiger partial charge in [0.05, 0.1) is 6.10 Å². The number of hydrogen-bond donors (Lipinski definition) is 3. The maximum absolute atomic E-state index is 13.1. The summed E-state index contributed by atoms with van der Waals surface area (Å²) in [6.07, 6.45) is 5.92. The first-order valence-electron chi connectivity index (χ1n) is 11.3. The minimum atomic E-state index is -0.396. The minimum absolute atomic E-state index is 0.107. The third-order valence-electron chi connectivity index (χ3n) is 8.89. The predicted octanol–water partition coefficient (Wildman–Crippen LogP) is 3.01. The molecule has 2 amide bonds. The molecule has 3 aliphatic carbocycles. The normalized spacial score (nSPS) is 48.1. The van der Waals surface area contributed by atoms with Gasteiger partial charge in [-0.25, -0.2) is 0 Å². The van der Waals surface area contributed by atoms with E-state index in [0.29, 0.717) is 24.7 Å². The molecule has 158 valence electrons. The van der Waals surface area contributed by atoms with Crippen molar-refractivity contribution >= 4 is 11.8 Å². The zero-order valence-corrected chi connectivity index (χ0v) is 18.2. The van der Waals surface area contributed by atoms with Crippen molar-refractivity contribution in [1.29, 1.82) is 0 Å². The van der Waals surface area contributed by atoms with Gasteiger partial charge in [0.2, 0.25) is 11.8 Å². The third kappa shape index (κ3) is 3.00. The molecule has 8 atom stereocenters. The Hall–Kier alpha value is -1.10. The summed E-state index contributed by atoms with van der Waals surface area (Å²) in [5.74, 6) is 1.38. The van der Waals surface area contributed by atoms with Crippen molar-refractivity contribution in [2.24, 2.45) is 34.5 Å². The highest BCUT2D eigenvalue weighted by atomic mass is 16.3. The molecule has 0 aromatic carbocycles. The van der Waals surface area contributed by atoms with Gasteiger partial charge in [-0.15, -0.1) is 0 Å². The van der Waals surface area contributed by atoms with Crippen molar-refractivity contribution in [3.05, 3.63) is 0 Å². The molecule has 0 aromatic heterocycles. The van der Waals surface area contributed by atoms with Gasteiger partial charge in [0, 0.05) is 23.9 Å². The number of nitrogens with one attached hydrogen (secondary N) is 2. The lowest BCUT2D eigenvalue weighted by Crippen LogP contribution is -2.62. The zero-order valence-electron chi connectivity index (χ0n) is 18.2. The van der Waals surface area contributed by atoms with Crippen molar-refractivity contribution in [2.45, 2.75) is 97.2 Å². The standard InChI is InChI=1S/C23H38N2O3/c1-21(2,3)25-20(28)15-12-16(26)19-13-6-7-17-22(4,11-9-18(27)24-17)14(13)8-10-23(15,19)5/h13-17,19,26H,6-12H2,1-5H3,(H,24,27)(H,25,28)/t13-,14+,15-,16+,17?,19-,22-,23-/m1/s1. The number of fused-ring (bicyclic) bond motifs is 5. The molecular weight excluding hydrogens is 352 g/mol. The van der Waals surface area contributed by atoms with E-state index < -0.39 is 6.10 Å². The van der Waals surface area contributed by atoms with Crippen LogP contribution in [0.1, 0.15) is 79.6 Å². The Morgan fingerprint density at radius 2 is 1.86 bits per heavy atom. The summed E-state index contributed by atoms with van der Waals surface area (Å²) in [5.41, 5.74) is -0.250. The summed E-state index contributed by atoms with van der Waals surface area (Å²) in [5, 5.41) is 17.5. The van der Waals surface area contributed by atoms with Crippen LogP contribution in [-0.2, 0) is 9.59 Å². The van der Waals surface area contributed by atoms with Gasteiger partial charge in [-0.1, -0.05) is 13.8 Å². The summed E-state index contributed by atoms with van der Waals surface area (Å²) < 4.78 is 0. The van der Waals surface area contributed by atoms with E-state index in [2.05, 4.69) is 24.5 Å². The van der Waals surface area contributed by atoms with Crippen molar-refractivity contribution < 1.29 is 14.7 Å². The second-order valence-corrected chi connectivity index (χ2v) is 11.6. The van der Waals surface area contributed by atoms with Gasteiger partial charge in [0.1, 0.15) is 0 Å². The molecule has 0 spiro atoms. The molecule has 0 aromatic rings. The quantitative estimate of drug-likeness (QED) is 0.644. The van der Waals surface area contributed by atoms with E-state index >= 15 is 0 Å². The fourth-order valence-corrected chi connectivity index (χ4v) is 7.63. The van der Waals surface area contributed by atoms with Gasteiger partial charge in [-0.05, 0) is 87.9 Å². The third-order valence-corrected chi connectivity index (χ3v) is 8.89. The lowest BCUT2D eigenvalue weighted by molar-refractivity contribution is -0.145. The van der Waals surface area contributed by atoms with Gasteiger partial charge < -0.3 is 15.7 Å². The Balaban J connectivity index is 1.60. The van der Waals surface area contributed by atoms with Crippen LogP contribution in [0.25, 0.3) is 0 Å². The topological polar surface area (TPSA) is 78.4 Å². The smallest absolute Gasteiger partial charge is 0.224 e. The molecule has 1 saturated heterocycles. The molecule has 28 heavy (non-hydrogen) atoms. The number of amides is 2. The highest BCUT2D eigenvalue weighted by molar-refractivity contribution is 5.81. The highest BCUT2D eigenvalue weighted by Crippen LogP contribution is 2.65. The van der Waals surface area contributed by atoms with Gasteiger partial charge >= 0.3 is 0 Å². The SMILES string of the molecule is CC(C)(C)NC(=O)[C@H]1C[C@H](O)[C@H]2[C@@H]3CCC4NC(=O)CC[C@]4(C)[C@H]3CC[C@@]21C. The lowest BCUT2D eigenvalue weighted by atomic mass is 9.47. The summed E-state index contributed by atoms with van der Waals surface area (Å²) >= 11 is 0. The van der Waals surface area contributed by atoms with Crippen molar-refractivity contribution in [1.82, 2.24) is 10.6 Å². The van der Waals surface area contributed by atoms with Crippen LogP contribution in [0.4, 0.5) is 0 Å². The molecular formula is C23H38N2O3. The number of hydrogen-bond acceptors (Lipinski definition) is 3. The Kier molecular flexibility index (Phi) is 4.65. The van der Waals surface area contributed by atoms with E-state index in [-0.39, 0.29) is 46.1 Å². The average Bonchev–Trinajstić information content (AvgIpc) is 2.85.